The van der Waals surface area contributed by atoms with Gasteiger partial charge in [-0.05, 0) is 93.2 Å². The number of hydrogen-bond acceptors (Lipinski definition) is 2. The van der Waals surface area contributed by atoms with E-state index < -0.39 is 0 Å². The first kappa shape index (κ1) is 26.2. The average Bonchev–Trinajstić information content (AvgIpc) is 3.56. The first-order valence-electron chi connectivity index (χ1n) is 15.6. The fourth-order valence-electron chi connectivity index (χ4n) is 7.37. The molecule has 0 aliphatic heterocycles. The summed E-state index contributed by atoms with van der Waals surface area (Å²) in [7, 11) is 0. The number of benzene rings is 7. The first-order valence-corrected chi connectivity index (χ1v) is 16.4. The zero-order valence-electron chi connectivity index (χ0n) is 25.3. The van der Waals surface area contributed by atoms with Crippen molar-refractivity contribution in [2.45, 2.75) is 19.3 Å². The number of rotatable bonds is 4. The molecule has 45 heavy (non-hydrogen) atoms. The summed E-state index contributed by atoms with van der Waals surface area (Å²) < 4.78 is 2.67. The maximum atomic E-state index is 2.42. The Kier molecular flexibility index (Phi) is 5.78. The average molecular weight is 594 g/mol. The number of fused-ring (bicyclic) bond motifs is 7. The molecular weight excluding hydrogens is 563 g/mol. The third kappa shape index (κ3) is 4.06. The largest absolute Gasteiger partial charge is 0.310 e. The number of nitrogens with zero attached hydrogens (tertiary/aromatic N) is 1. The van der Waals surface area contributed by atoms with Gasteiger partial charge in [-0.2, -0.15) is 0 Å². The van der Waals surface area contributed by atoms with Crippen LogP contribution in [-0.2, 0) is 5.41 Å². The molecule has 1 aliphatic carbocycles. The Morgan fingerprint density at radius 2 is 1.13 bits per heavy atom. The van der Waals surface area contributed by atoms with E-state index in [9.17, 15) is 0 Å². The van der Waals surface area contributed by atoms with Gasteiger partial charge in [-0.3, -0.25) is 0 Å². The molecule has 0 atom stereocenters. The van der Waals surface area contributed by atoms with Crippen molar-refractivity contribution in [1.82, 2.24) is 0 Å². The molecule has 0 bridgehead atoms. The molecule has 1 aromatic heterocycles. The summed E-state index contributed by atoms with van der Waals surface area (Å²) in [5.74, 6) is 0. The van der Waals surface area contributed by atoms with Crippen molar-refractivity contribution in [3.05, 3.63) is 163 Å². The second-order valence-electron chi connectivity index (χ2n) is 12.6. The molecule has 214 valence electrons. The highest BCUT2D eigenvalue weighted by Gasteiger charge is 2.37. The summed E-state index contributed by atoms with van der Waals surface area (Å²) in [6, 6.07) is 55.8. The molecule has 0 N–H and O–H groups in total. The lowest BCUT2D eigenvalue weighted by atomic mass is 9.82. The van der Waals surface area contributed by atoms with Crippen molar-refractivity contribution in [2.24, 2.45) is 0 Å². The normalized spacial score (nSPS) is 13.3. The zero-order valence-corrected chi connectivity index (χ0v) is 26.1. The van der Waals surface area contributed by atoms with Gasteiger partial charge in [0, 0.05) is 42.5 Å². The molecule has 1 aliphatic rings. The second-order valence-corrected chi connectivity index (χ2v) is 13.7. The lowest BCUT2D eigenvalue weighted by molar-refractivity contribution is 0.660. The van der Waals surface area contributed by atoms with E-state index in [4.69, 9.17) is 0 Å². The molecule has 2 heteroatoms. The molecule has 1 nitrogen and oxygen atoms in total. The second kappa shape index (κ2) is 9.92. The van der Waals surface area contributed by atoms with Gasteiger partial charge in [0.15, 0.2) is 0 Å². The van der Waals surface area contributed by atoms with E-state index in [-0.39, 0.29) is 5.41 Å². The topological polar surface area (TPSA) is 3.24 Å². The number of hydrogen-bond donors (Lipinski definition) is 0. The SMILES string of the molecule is CC1(C)c2ccccc2-c2c(N(c3ccccc3)c3ccc(-c4ccc5sc6cc7ccccc7cc6c5c4)cc3)cccc21. The van der Waals surface area contributed by atoms with E-state index in [1.165, 1.54) is 70.0 Å². The summed E-state index contributed by atoms with van der Waals surface area (Å²) in [6.45, 7) is 4.69. The van der Waals surface area contributed by atoms with Gasteiger partial charge in [0.1, 0.15) is 0 Å². The number of para-hydroxylation sites is 1. The van der Waals surface area contributed by atoms with Gasteiger partial charge >= 0.3 is 0 Å². The monoisotopic (exact) mass is 593 g/mol. The van der Waals surface area contributed by atoms with Gasteiger partial charge in [0.05, 0.1) is 5.69 Å². The molecule has 0 spiro atoms. The number of anilines is 3. The fourth-order valence-corrected chi connectivity index (χ4v) is 8.49. The van der Waals surface area contributed by atoms with Crippen molar-refractivity contribution in [2.75, 3.05) is 4.90 Å². The highest BCUT2D eigenvalue weighted by molar-refractivity contribution is 7.25. The van der Waals surface area contributed by atoms with Crippen LogP contribution in [0, 0.1) is 0 Å². The Hall–Kier alpha value is -5.18. The van der Waals surface area contributed by atoms with E-state index in [2.05, 4.69) is 170 Å². The third-order valence-electron chi connectivity index (χ3n) is 9.64. The van der Waals surface area contributed by atoms with Crippen molar-refractivity contribution in [3.8, 4) is 22.3 Å². The lowest BCUT2D eigenvalue weighted by Crippen LogP contribution is -2.16. The van der Waals surface area contributed by atoms with E-state index in [1.807, 2.05) is 11.3 Å². The van der Waals surface area contributed by atoms with Crippen LogP contribution >= 0.6 is 11.3 Å². The van der Waals surface area contributed by atoms with Crippen LogP contribution in [0.3, 0.4) is 0 Å². The zero-order chi connectivity index (χ0) is 30.1. The van der Waals surface area contributed by atoms with Crippen LogP contribution in [0.1, 0.15) is 25.0 Å². The van der Waals surface area contributed by atoms with Gasteiger partial charge in [-0.25, -0.2) is 0 Å². The highest BCUT2D eigenvalue weighted by Crippen LogP contribution is 2.54. The maximum Gasteiger partial charge on any atom is 0.0543 e. The Morgan fingerprint density at radius 3 is 1.96 bits per heavy atom. The quantitative estimate of drug-likeness (QED) is 0.196. The Bertz CT molecular complexity index is 2400. The van der Waals surface area contributed by atoms with Crippen LogP contribution in [0.15, 0.2) is 152 Å². The Morgan fingerprint density at radius 1 is 0.489 bits per heavy atom. The van der Waals surface area contributed by atoms with Gasteiger partial charge in [0.2, 0.25) is 0 Å². The van der Waals surface area contributed by atoms with E-state index in [0.29, 0.717) is 0 Å². The highest BCUT2D eigenvalue weighted by atomic mass is 32.1. The van der Waals surface area contributed by atoms with Crippen molar-refractivity contribution < 1.29 is 0 Å². The third-order valence-corrected chi connectivity index (χ3v) is 10.8. The van der Waals surface area contributed by atoms with Crippen LogP contribution in [0.5, 0.6) is 0 Å². The van der Waals surface area contributed by atoms with E-state index in [0.717, 1.165) is 11.4 Å². The molecular formula is C43H31NS. The summed E-state index contributed by atoms with van der Waals surface area (Å²) in [6.07, 6.45) is 0. The minimum absolute atomic E-state index is 0.0507. The van der Waals surface area contributed by atoms with Crippen LogP contribution in [0.25, 0.3) is 53.2 Å². The molecule has 1 heterocycles. The van der Waals surface area contributed by atoms with Gasteiger partial charge < -0.3 is 4.90 Å². The minimum atomic E-state index is -0.0507. The standard InChI is InChI=1S/C43H31NS/c1-43(2)37-16-9-8-15-34(37)42-38(43)17-10-18-39(42)44(32-13-4-3-5-14-32)33-22-19-28(20-23-33)31-21-24-40-35(26-31)36-25-29-11-6-7-12-30(29)27-41(36)45-40/h3-27H,1-2H3. The molecule has 8 aromatic rings. The van der Waals surface area contributed by atoms with E-state index >= 15 is 0 Å². The van der Waals surface area contributed by atoms with Crippen molar-refractivity contribution in [3.63, 3.8) is 0 Å². The summed E-state index contributed by atoms with van der Waals surface area (Å²) in [5.41, 5.74) is 11.3. The molecule has 0 fully saturated rings. The van der Waals surface area contributed by atoms with Gasteiger partial charge in [-0.15, -0.1) is 11.3 Å². The van der Waals surface area contributed by atoms with Crippen LogP contribution in [0.4, 0.5) is 17.1 Å². The summed E-state index contributed by atoms with van der Waals surface area (Å²) in [4.78, 5) is 2.42. The fraction of sp³-hybridized carbons (Fsp3) is 0.0698. The molecule has 0 amide bonds. The molecule has 0 radical (unpaired) electrons. The molecule has 0 unspecified atom stereocenters. The lowest BCUT2D eigenvalue weighted by Gasteiger charge is -2.29. The van der Waals surface area contributed by atoms with Crippen LogP contribution < -0.4 is 4.90 Å². The van der Waals surface area contributed by atoms with Crippen LogP contribution in [0.2, 0.25) is 0 Å². The number of thiophene rings is 1. The Labute approximate surface area is 267 Å². The van der Waals surface area contributed by atoms with Gasteiger partial charge in [-0.1, -0.05) is 111 Å². The van der Waals surface area contributed by atoms with Gasteiger partial charge in [0.25, 0.3) is 0 Å². The molecule has 0 saturated carbocycles. The van der Waals surface area contributed by atoms with Crippen LogP contribution in [-0.4, -0.2) is 0 Å². The molecule has 7 aromatic carbocycles. The predicted octanol–water partition coefficient (Wildman–Crippen LogP) is 12.7. The predicted molar refractivity (Wildman–Crippen MR) is 195 cm³/mol. The Balaban J connectivity index is 1.17. The smallest absolute Gasteiger partial charge is 0.0543 e. The van der Waals surface area contributed by atoms with E-state index in [1.54, 1.807) is 0 Å². The first-order chi connectivity index (χ1) is 22.1. The molecule has 9 rings (SSSR count). The van der Waals surface area contributed by atoms with Crippen molar-refractivity contribution in [1.29, 1.82) is 0 Å². The summed E-state index contributed by atoms with van der Waals surface area (Å²) >= 11 is 1.88. The summed E-state index contributed by atoms with van der Waals surface area (Å²) in [5, 5.41) is 5.25. The molecule has 0 saturated heterocycles. The maximum absolute atomic E-state index is 2.42. The minimum Gasteiger partial charge on any atom is -0.310 e. The van der Waals surface area contributed by atoms with Crippen molar-refractivity contribution >= 4 is 59.3 Å².